The van der Waals surface area contributed by atoms with Gasteiger partial charge in [-0.3, -0.25) is 4.79 Å². The minimum absolute atomic E-state index is 0.137. The van der Waals surface area contributed by atoms with Crippen LogP contribution in [0.15, 0.2) is 53.4 Å². The number of nitrogens with one attached hydrogen (secondary N) is 1. The van der Waals surface area contributed by atoms with Gasteiger partial charge in [0.2, 0.25) is 0 Å². The second kappa shape index (κ2) is 7.22. The molecule has 0 atom stereocenters. The zero-order chi connectivity index (χ0) is 14.4. The van der Waals surface area contributed by atoms with E-state index in [1.165, 1.54) is 4.90 Å². The van der Waals surface area contributed by atoms with Crippen molar-refractivity contribution < 1.29 is 4.79 Å². The summed E-state index contributed by atoms with van der Waals surface area (Å²) in [5, 5.41) is 3.32. The van der Waals surface area contributed by atoms with Crippen LogP contribution in [0.3, 0.4) is 0 Å². The van der Waals surface area contributed by atoms with Crippen molar-refractivity contribution in [3.63, 3.8) is 0 Å². The maximum absolute atomic E-state index is 11.9. The van der Waals surface area contributed by atoms with Gasteiger partial charge in [-0.2, -0.15) is 0 Å². The average Bonchev–Trinajstić information content (AvgIpc) is 2.47. The van der Waals surface area contributed by atoms with E-state index in [4.69, 9.17) is 17.3 Å². The van der Waals surface area contributed by atoms with E-state index < -0.39 is 0 Å². The number of anilines is 1. The maximum atomic E-state index is 11.9. The number of amides is 1. The molecular formula is C15H15ClN2OS. The quantitative estimate of drug-likeness (QED) is 0.505. The number of carbonyl (C=O) groups is 1. The lowest BCUT2D eigenvalue weighted by molar-refractivity contribution is 0.0956. The Hall–Kier alpha value is -1.65. The van der Waals surface area contributed by atoms with Gasteiger partial charge in [0.25, 0.3) is 5.91 Å². The van der Waals surface area contributed by atoms with E-state index in [9.17, 15) is 4.79 Å². The van der Waals surface area contributed by atoms with Crippen LogP contribution < -0.4 is 11.1 Å². The molecule has 0 aliphatic carbocycles. The number of carbonyl (C=O) groups excluding carboxylic acids is 1. The third-order valence-electron chi connectivity index (χ3n) is 2.66. The Balaban J connectivity index is 1.79. The highest BCUT2D eigenvalue weighted by Crippen LogP contribution is 2.19. The Morgan fingerprint density at radius 3 is 2.65 bits per heavy atom. The van der Waals surface area contributed by atoms with Gasteiger partial charge in [-0.25, -0.2) is 0 Å². The summed E-state index contributed by atoms with van der Waals surface area (Å²) in [6.07, 6.45) is 0. The summed E-state index contributed by atoms with van der Waals surface area (Å²) < 4.78 is 0. The van der Waals surface area contributed by atoms with Crippen LogP contribution in [0.4, 0.5) is 5.69 Å². The van der Waals surface area contributed by atoms with Crippen LogP contribution in [0.1, 0.15) is 10.4 Å². The van der Waals surface area contributed by atoms with Gasteiger partial charge in [0.1, 0.15) is 0 Å². The first kappa shape index (κ1) is 14.8. The molecule has 0 saturated carbocycles. The summed E-state index contributed by atoms with van der Waals surface area (Å²) in [4.78, 5) is 13.1. The Morgan fingerprint density at radius 1 is 1.20 bits per heavy atom. The van der Waals surface area contributed by atoms with E-state index in [0.717, 1.165) is 5.75 Å². The molecule has 2 rings (SSSR count). The van der Waals surface area contributed by atoms with Crippen molar-refractivity contribution in [2.75, 3.05) is 18.0 Å². The molecule has 20 heavy (non-hydrogen) atoms. The minimum atomic E-state index is -0.137. The Labute approximate surface area is 127 Å². The number of hydrogen-bond donors (Lipinski definition) is 2. The molecule has 0 aromatic heterocycles. The third-order valence-corrected chi connectivity index (χ3v) is 4.02. The van der Waals surface area contributed by atoms with Crippen LogP contribution in [0.25, 0.3) is 0 Å². The number of halogens is 1. The van der Waals surface area contributed by atoms with Crippen LogP contribution in [0.5, 0.6) is 0 Å². The van der Waals surface area contributed by atoms with Gasteiger partial charge in [0, 0.05) is 22.8 Å². The lowest BCUT2D eigenvalue weighted by atomic mass is 10.2. The van der Waals surface area contributed by atoms with Gasteiger partial charge < -0.3 is 11.1 Å². The van der Waals surface area contributed by atoms with Crippen molar-refractivity contribution in [1.82, 2.24) is 5.32 Å². The third kappa shape index (κ3) is 4.18. The lowest BCUT2D eigenvalue weighted by Gasteiger charge is -2.06. The first-order chi connectivity index (χ1) is 9.66. The molecule has 1 amide bonds. The monoisotopic (exact) mass is 306 g/mol. The molecule has 104 valence electrons. The van der Waals surface area contributed by atoms with Crippen LogP contribution in [-0.4, -0.2) is 18.2 Å². The smallest absolute Gasteiger partial charge is 0.251 e. The van der Waals surface area contributed by atoms with Gasteiger partial charge in [0.15, 0.2) is 0 Å². The number of nitrogens with two attached hydrogens (primary N) is 1. The van der Waals surface area contributed by atoms with Gasteiger partial charge in [-0.05, 0) is 30.3 Å². The molecule has 0 aliphatic heterocycles. The van der Waals surface area contributed by atoms with E-state index in [2.05, 4.69) is 5.32 Å². The van der Waals surface area contributed by atoms with Crippen molar-refractivity contribution in [2.45, 2.75) is 4.90 Å². The molecule has 0 aliphatic rings. The van der Waals surface area contributed by atoms with E-state index in [-0.39, 0.29) is 5.91 Å². The summed E-state index contributed by atoms with van der Waals surface area (Å²) >= 11 is 7.52. The topological polar surface area (TPSA) is 55.1 Å². The zero-order valence-electron chi connectivity index (χ0n) is 10.8. The summed E-state index contributed by atoms with van der Waals surface area (Å²) in [5.41, 5.74) is 6.61. The molecule has 5 heteroatoms. The van der Waals surface area contributed by atoms with Gasteiger partial charge in [-0.1, -0.05) is 29.8 Å². The van der Waals surface area contributed by atoms with E-state index in [0.29, 0.717) is 22.8 Å². The number of thioether (sulfide) groups is 1. The Bertz CT molecular complexity index is 590. The summed E-state index contributed by atoms with van der Waals surface area (Å²) in [6, 6.07) is 15.0. The SMILES string of the molecule is Nc1cc(C(=O)NCCSc2ccccc2)ccc1Cl. The molecule has 0 radical (unpaired) electrons. The number of hydrogen-bond acceptors (Lipinski definition) is 3. The van der Waals surface area contributed by atoms with Crippen molar-refractivity contribution in [3.05, 3.63) is 59.1 Å². The fourth-order valence-electron chi connectivity index (χ4n) is 1.64. The number of rotatable bonds is 5. The first-order valence-corrected chi connectivity index (χ1v) is 7.54. The highest BCUT2D eigenvalue weighted by molar-refractivity contribution is 7.99. The largest absolute Gasteiger partial charge is 0.398 e. The molecule has 0 bridgehead atoms. The Morgan fingerprint density at radius 2 is 1.95 bits per heavy atom. The Kier molecular flexibility index (Phi) is 5.32. The van der Waals surface area contributed by atoms with Crippen molar-refractivity contribution >= 4 is 35.0 Å². The molecule has 0 fully saturated rings. The maximum Gasteiger partial charge on any atom is 0.251 e. The van der Waals surface area contributed by atoms with E-state index >= 15 is 0 Å². The number of benzene rings is 2. The summed E-state index contributed by atoms with van der Waals surface area (Å²) in [5.74, 6) is 0.681. The molecule has 2 aromatic carbocycles. The molecule has 0 unspecified atom stereocenters. The molecule has 3 N–H and O–H groups in total. The van der Waals surface area contributed by atoms with Gasteiger partial charge in [-0.15, -0.1) is 11.8 Å². The van der Waals surface area contributed by atoms with Crippen molar-refractivity contribution in [3.8, 4) is 0 Å². The molecule has 3 nitrogen and oxygen atoms in total. The van der Waals surface area contributed by atoms with E-state index in [1.54, 1.807) is 30.0 Å². The molecule has 2 aromatic rings. The fourth-order valence-corrected chi connectivity index (χ4v) is 2.54. The number of nitrogen functional groups attached to an aromatic ring is 1. The minimum Gasteiger partial charge on any atom is -0.398 e. The summed E-state index contributed by atoms with van der Waals surface area (Å²) in [7, 11) is 0. The van der Waals surface area contributed by atoms with Crippen molar-refractivity contribution in [1.29, 1.82) is 0 Å². The second-order valence-corrected chi connectivity index (χ2v) is 5.73. The van der Waals surface area contributed by atoms with Crippen molar-refractivity contribution in [2.24, 2.45) is 0 Å². The summed E-state index contributed by atoms with van der Waals surface area (Å²) in [6.45, 7) is 0.598. The van der Waals surface area contributed by atoms with Crippen LogP contribution in [-0.2, 0) is 0 Å². The standard InChI is InChI=1S/C15H15ClN2OS/c16-13-7-6-11(10-14(13)17)15(19)18-8-9-20-12-4-2-1-3-5-12/h1-7,10H,8-9,17H2,(H,18,19). The molecule has 0 saturated heterocycles. The zero-order valence-corrected chi connectivity index (χ0v) is 12.4. The van der Waals surface area contributed by atoms with Gasteiger partial charge >= 0.3 is 0 Å². The molecular weight excluding hydrogens is 292 g/mol. The highest BCUT2D eigenvalue weighted by atomic mass is 35.5. The average molecular weight is 307 g/mol. The lowest BCUT2D eigenvalue weighted by Crippen LogP contribution is -2.25. The fraction of sp³-hybridized carbons (Fsp3) is 0.133. The van der Waals surface area contributed by atoms with E-state index in [1.807, 2.05) is 30.3 Å². The molecule has 0 spiro atoms. The van der Waals surface area contributed by atoms with Gasteiger partial charge in [0.05, 0.1) is 10.7 Å². The van der Waals surface area contributed by atoms with Crippen LogP contribution >= 0.6 is 23.4 Å². The predicted molar refractivity (Wildman–Crippen MR) is 85.4 cm³/mol. The normalized spacial score (nSPS) is 10.2. The second-order valence-electron chi connectivity index (χ2n) is 4.15. The van der Waals surface area contributed by atoms with Crippen LogP contribution in [0.2, 0.25) is 5.02 Å². The molecule has 0 heterocycles. The highest BCUT2D eigenvalue weighted by Gasteiger charge is 2.06. The van der Waals surface area contributed by atoms with Crippen LogP contribution in [0, 0.1) is 0 Å². The predicted octanol–water partition coefficient (Wildman–Crippen LogP) is 3.44. The first-order valence-electron chi connectivity index (χ1n) is 6.18.